The van der Waals surface area contributed by atoms with Gasteiger partial charge < -0.3 is 14.8 Å². The number of hydrogen-bond donors (Lipinski definition) is 1. The summed E-state index contributed by atoms with van der Waals surface area (Å²) in [5.41, 5.74) is 0.946. The highest BCUT2D eigenvalue weighted by molar-refractivity contribution is 5.96. The lowest BCUT2D eigenvalue weighted by atomic mass is 10.1. The van der Waals surface area contributed by atoms with E-state index in [1.54, 1.807) is 31.5 Å². The van der Waals surface area contributed by atoms with Gasteiger partial charge in [-0.25, -0.2) is 4.79 Å². The van der Waals surface area contributed by atoms with E-state index >= 15 is 0 Å². The van der Waals surface area contributed by atoms with E-state index in [4.69, 9.17) is 9.47 Å². The van der Waals surface area contributed by atoms with Crippen molar-refractivity contribution in [3.05, 3.63) is 64.0 Å². The topological polar surface area (TPSA) is 104 Å². The van der Waals surface area contributed by atoms with Crippen molar-refractivity contribution in [2.75, 3.05) is 25.6 Å². The lowest BCUT2D eigenvalue weighted by Gasteiger charge is -2.11. The largest absolute Gasteiger partial charge is 0.456 e. The Morgan fingerprint density at radius 2 is 2.17 bits per heavy atom. The molecule has 0 spiro atoms. The van der Waals surface area contributed by atoms with Gasteiger partial charge in [-0.3, -0.25) is 15.1 Å². The number of nitro groups is 1. The van der Waals surface area contributed by atoms with Gasteiger partial charge in [0, 0.05) is 37.7 Å². The molecule has 0 atom stereocenters. The van der Waals surface area contributed by atoms with E-state index in [9.17, 15) is 14.9 Å². The zero-order chi connectivity index (χ0) is 17.4. The van der Waals surface area contributed by atoms with Gasteiger partial charge in [-0.2, -0.15) is 0 Å². The summed E-state index contributed by atoms with van der Waals surface area (Å²) in [6, 6.07) is 9.25. The molecular weight excluding hydrogens is 314 g/mol. The van der Waals surface area contributed by atoms with Gasteiger partial charge in [0.15, 0.2) is 0 Å². The quantitative estimate of drug-likeness (QED) is 0.343. The third-order valence-electron chi connectivity index (χ3n) is 3.13. The molecule has 1 heterocycles. The van der Waals surface area contributed by atoms with E-state index in [2.05, 4.69) is 10.3 Å². The lowest BCUT2D eigenvalue weighted by Crippen LogP contribution is -2.13. The maximum absolute atomic E-state index is 12.3. The number of carbonyl (C=O) groups excluding carboxylic acids is 1. The van der Waals surface area contributed by atoms with Crippen molar-refractivity contribution >= 4 is 17.3 Å². The zero-order valence-electron chi connectivity index (χ0n) is 13.1. The molecule has 0 bridgehead atoms. The second kappa shape index (κ2) is 8.59. The smallest absolute Gasteiger partial charge is 0.340 e. The minimum absolute atomic E-state index is 0.0140. The molecule has 0 fully saturated rings. The Balaban J connectivity index is 2.15. The van der Waals surface area contributed by atoms with Crippen LogP contribution >= 0.6 is 0 Å². The molecule has 126 valence electrons. The molecule has 0 aliphatic carbocycles. The average Bonchev–Trinajstić information content (AvgIpc) is 2.61. The number of nitrogens with zero attached hydrogens (tertiary/aromatic N) is 2. The Bertz CT molecular complexity index is 706. The number of non-ortho nitro benzene ring substituents is 1. The first-order valence-corrected chi connectivity index (χ1v) is 7.20. The number of ether oxygens (including phenoxy) is 2. The van der Waals surface area contributed by atoms with Gasteiger partial charge in [0.25, 0.3) is 5.69 Å². The third kappa shape index (κ3) is 4.75. The van der Waals surface area contributed by atoms with Gasteiger partial charge in [0.1, 0.15) is 6.61 Å². The van der Waals surface area contributed by atoms with Gasteiger partial charge in [-0.15, -0.1) is 0 Å². The molecule has 0 radical (unpaired) electrons. The van der Waals surface area contributed by atoms with Crippen LogP contribution in [-0.4, -0.2) is 36.1 Å². The van der Waals surface area contributed by atoms with E-state index < -0.39 is 10.9 Å². The van der Waals surface area contributed by atoms with Gasteiger partial charge >= 0.3 is 5.97 Å². The summed E-state index contributed by atoms with van der Waals surface area (Å²) in [7, 11) is 1.56. The summed E-state index contributed by atoms with van der Waals surface area (Å²) in [5.74, 6) is -0.663. The van der Waals surface area contributed by atoms with Crippen molar-refractivity contribution in [3.63, 3.8) is 0 Å². The molecule has 8 nitrogen and oxygen atoms in total. The van der Waals surface area contributed by atoms with Crippen LogP contribution in [0.1, 0.15) is 16.1 Å². The number of methoxy groups -OCH3 is 1. The van der Waals surface area contributed by atoms with Crippen LogP contribution < -0.4 is 5.32 Å². The van der Waals surface area contributed by atoms with E-state index in [1.165, 1.54) is 18.2 Å². The predicted octanol–water partition coefficient (Wildman–Crippen LogP) is 2.41. The van der Waals surface area contributed by atoms with Crippen molar-refractivity contribution < 1.29 is 19.2 Å². The van der Waals surface area contributed by atoms with Crippen molar-refractivity contribution in [3.8, 4) is 0 Å². The normalized spacial score (nSPS) is 10.2. The first-order chi connectivity index (χ1) is 11.6. The number of anilines is 1. The average molecular weight is 331 g/mol. The Kier molecular flexibility index (Phi) is 6.21. The summed E-state index contributed by atoms with van der Waals surface area (Å²) >= 11 is 0. The molecule has 2 rings (SSSR count). The number of nitrogens with one attached hydrogen (secondary N) is 1. The fraction of sp³-hybridized carbons (Fsp3) is 0.250. The fourth-order valence-electron chi connectivity index (χ4n) is 1.96. The molecule has 0 saturated heterocycles. The molecule has 0 unspecified atom stereocenters. The Labute approximate surface area is 138 Å². The van der Waals surface area contributed by atoms with Crippen molar-refractivity contribution in [2.24, 2.45) is 0 Å². The fourth-order valence-corrected chi connectivity index (χ4v) is 1.96. The van der Waals surface area contributed by atoms with Crippen LogP contribution in [0.15, 0.2) is 42.6 Å². The van der Waals surface area contributed by atoms with Gasteiger partial charge in [0.2, 0.25) is 0 Å². The van der Waals surface area contributed by atoms with Crippen molar-refractivity contribution in [2.45, 2.75) is 6.61 Å². The molecule has 0 amide bonds. The van der Waals surface area contributed by atoms with Crippen LogP contribution in [0.25, 0.3) is 0 Å². The van der Waals surface area contributed by atoms with Crippen molar-refractivity contribution in [1.29, 1.82) is 0 Å². The SMILES string of the molecule is COCCNc1ccc([N+](=O)[O-])cc1C(=O)OCc1ccccn1. The van der Waals surface area contributed by atoms with Crippen LogP contribution in [-0.2, 0) is 16.1 Å². The van der Waals surface area contributed by atoms with E-state index in [-0.39, 0.29) is 17.9 Å². The summed E-state index contributed by atoms with van der Waals surface area (Å²) in [6.07, 6.45) is 1.59. The Morgan fingerprint density at radius 1 is 1.33 bits per heavy atom. The van der Waals surface area contributed by atoms with E-state index in [1.807, 2.05) is 0 Å². The molecule has 1 N–H and O–H groups in total. The number of pyridine rings is 1. The number of benzene rings is 1. The predicted molar refractivity (Wildman–Crippen MR) is 86.8 cm³/mol. The highest BCUT2D eigenvalue weighted by Crippen LogP contribution is 2.23. The number of rotatable bonds is 8. The molecule has 0 aliphatic rings. The molecule has 0 aliphatic heterocycles. The van der Waals surface area contributed by atoms with Gasteiger partial charge in [-0.1, -0.05) is 6.07 Å². The first kappa shape index (κ1) is 17.4. The molecule has 8 heteroatoms. The van der Waals surface area contributed by atoms with E-state index in [0.29, 0.717) is 24.5 Å². The maximum atomic E-state index is 12.3. The second-order valence-corrected chi connectivity index (χ2v) is 4.80. The highest BCUT2D eigenvalue weighted by atomic mass is 16.6. The number of hydrogen-bond acceptors (Lipinski definition) is 7. The number of aromatic nitrogens is 1. The molecule has 1 aromatic carbocycles. The van der Waals surface area contributed by atoms with Gasteiger partial charge in [0.05, 0.1) is 22.8 Å². The van der Waals surface area contributed by atoms with Crippen LogP contribution in [0.4, 0.5) is 11.4 Å². The minimum Gasteiger partial charge on any atom is -0.456 e. The van der Waals surface area contributed by atoms with Crippen LogP contribution in [0.5, 0.6) is 0 Å². The van der Waals surface area contributed by atoms with Crippen LogP contribution in [0.2, 0.25) is 0 Å². The minimum atomic E-state index is -0.663. The zero-order valence-corrected chi connectivity index (χ0v) is 13.1. The first-order valence-electron chi connectivity index (χ1n) is 7.20. The Morgan fingerprint density at radius 3 is 2.83 bits per heavy atom. The second-order valence-electron chi connectivity index (χ2n) is 4.80. The molecule has 0 saturated carbocycles. The molecule has 2 aromatic rings. The summed E-state index contributed by atoms with van der Waals surface area (Å²) in [4.78, 5) is 26.7. The van der Waals surface area contributed by atoms with E-state index in [0.717, 1.165) is 0 Å². The monoisotopic (exact) mass is 331 g/mol. The van der Waals surface area contributed by atoms with Crippen LogP contribution in [0.3, 0.4) is 0 Å². The number of carbonyl (C=O) groups is 1. The standard InChI is InChI=1S/C16H17N3O5/c1-23-9-8-18-15-6-5-13(19(21)22)10-14(15)16(20)24-11-12-4-2-3-7-17-12/h2-7,10,18H,8-9,11H2,1H3. The van der Waals surface area contributed by atoms with Crippen molar-refractivity contribution in [1.82, 2.24) is 4.98 Å². The summed E-state index contributed by atoms with van der Waals surface area (Å²) in [5, 5.41) is 13.9. The van der Waals surface area contributed by atoms with Gasteiger partial charge in [-0.05, 0) is 18.2 Å². The molecular formula is C16H17N3O5. The third-order valence-corrected chi connectivity index (χ3v) is 3.13. The summed E-state index contributed by atoms with van der Waals surface area (Å²) < 4.78 is 10.1. The number of nitro benzene ring substituents is 1. The summed E-state index contributed by atoms with van der Waals surface area (Å²) in [6.45, 7) is 0.869. The molecule has 24 heavy (non-hydrogen) atoms. The molecule has 1 aromatic heterocycles. The Hall–Kier alpha value is -3.00. The lowest BCUT2D eigenvalue weighted by molar-refractivity contribution is -0.384. The number of esters is 1. The van der Waals surface area contributed by atoms with Crippen LogP contribution in [0, 0.1) is 10.1 Å². The maximum Gasteiger partial charge on any atom is 0.340 e. The highest BCUT2D eigenvalue weighted by Gasteiger charge is 2.18.